The zero-order chi connectivity index (χ0) is 11.1. The maximum atomic E-state index is 11.3. The highest BCUT2D eigenvalue weighted by molar-refractivity contribution is 5.69. The zero-order valence-electron chi connectivity index (χ0n) is 9.97. The van der Waals surface area contributed by atoms with Gasteiger partial charge in [0.1, 0.15) is 0 Å². The predicted octanol–water partition coefficient (Wildman–Crippen LogP) is 2.56. The van der Waals surface area contributed by atoms with Crippen LogP contribution in [0.1, 0.15) is 41.5 Å². The van der Waals surface area contributed by atoms with Gasteiger partial charge in [0.05, 0.1) is 6.10 Å². The zero-order valence-corrected chi connectivity index (χ0v) is 9.97. The lowest BCUT2D eigenvalue weighted by Gasteiger charge is -2.10. The first-order chi connectivity index (χ1) is 6.19. The Bertz CT molecular complexity index is 230. The number of hydrogen-bond acceptors (Lipinski definition) is 2. The molecule has 14 heavy (non-hydrogen) atoms. The SMILES string of the molecule is CC(C)OC(=O)NC1C(C)(C)C1(C)C. The van der Waals surface area contributed by atoms with Crippen LogP contribution in [0.3, 0.4) is 0 Å². The highest BCUT2D eigenvalue weighted by Crippen LogP contribution is 2.62. The van der Waals surface area contributed by atoms with Crippen LogP contribution in [0.15, 0.2) is 0 Å². The highest BCUT2D eigenvalue weighted by atomic mass is 16.6. The molecule has 1 aliphatic carbocycles. The summed E-state index contributed by atoms with van der Waals surface area (Å²) < 4.78 is 5.04. The summed E-state index contributed by atoms with van der Waals surface area (Å²) in [6.45, 7) is 12.3. The second-order valence-corrected chi connectivity index (χ2v) is 5.47. The van der Waals surface area contributed by atoms with Gasteiger partial charge in [-0.05, 0) is 24.7 Å². The van der Waals surface area contributed by atoms with E-state index in [1.165, 1.54) is 0 Å². The molecule has 1 amide bonds. The summed E-state index contributed by atoms with van der Waals surface area (Å²) in [6.07, 6.45) is -0.358. The molecule has 0 aromatic heterocycles. The van der Waals surface area contributed by atoms with Crippen molar-refractivity contribution in [2.45, 2.75) is 53.7 Å². The Balaban J connectivity index is 2.45. The van der Waals surface area contributed by atoms with Crippen molar-refractivity contribution in [3.63, 3.8) is 0 Å². The summed E-state index contributed by atoms with van der Waals surface area (Å²) in [5.74, 6) is 0. The standard InChI is InChI=1S/C11H21NO2/c1-7(2)14-9(13)12-8-10(3,4)11(8,5)6/h7-8H,1-6H3,(H,12,13). The van der Waals surface area contributed by atoms with Crippen LogP contribution >= 0.6 is 0 Å². The molecule has 0 aliphatic heterocycles. The smallest absolute Gasteiger partial charge is 0.407 e. The Hall–Kier alpha value is -0.730. The van der Waals surface area contributed by atoms with Gasteiger partial charge >= 0.3 is 6.09 Å². The van der Waals surface area contributed by atoms with Crippen LogP contribution in [0, 0.1) is 10.8 Å². The lowest BCUT2D eigenvalue weighted by atomic mass is 10.0. The van der Waals surface area contributed by atoms with Gasteiger partial charge in [0, 0.05) is 6.04 Å². The maximum Gasteiger partial charge on any atom is 0.407 e. The Morgan fingerprint density at radius 1 is 1.21 bits per heavy atom. The lowest BCUT2D eigenvalue weighted by Crippen LogP contribution is -2.32. The van der Waals surface area contributed by atoms with Crippen molar-refractivity contribution in [3.8, 4) is 0 Å². The van der Waals surface area contributed by atoms with E-state index >= 15 is 0 Å². The molecule has 0 atom stereocenters. The van der Waals surface area contributed by atoms with E-state index in [1.54, 1.807) is 0 Å². The topological polar surface area (TPSA) is 38.3 Å². The molecule has 0 spiro atoms. The fraction of sp³-hybridized carbons (Fsp3) is 0.909. The summed E-state index contributed by atoms with van der Waals surface area (Å²) in [5.41, 5.74) is 0.339. The van der Waals surface area contributed by atoms with Gasteiger partial charge in [0.15, 0.2) is 0 Å². The van der Waals surface area contributed by atoms with Crippen molar-refractivity contribution in [1.29, 1.82) is 0 Å². The molecule has 0 unspecified atom stereocenters. The minimum Gasteiger partial charge on any atom is -0.447 e. The minimum atomic E-state index is -0.302. The normalized spacial score (nSPS) is 23.4. The van der Waals surface area contributed by atoms with E-state index in [2.05, 4.69) is 33.0 Å². The van der Waals surface area contributed by atoms with E-state index < -0.39 is 0 Å². The summed E-state index contributed by atoms with van der Waals surface area (Å²) in [6, 6.07) is 0.223. The Morgan fingerprint density at radius 3 is 1.93 bits per heavy atom. The molecule has 1 N–H and O–H groups in total. The molecule has 3 heteroatoms. The third-order valence-corrected chi connectivity index (χ3v) is 3.63. The van der Waals surface area contributed by atoms with Crippen molar-refractivity contribution in [1.82, 2.24) is 5.32 Å². The van der Waals surface area contributed by atoms with Crippen molar-refractivity contribution in [2.75, 3.05) is 0 Å². The molecule has 0 radical (unpaired) electrons. The van der Waals surface area contributed by atoms with Crippen LogP contribution < -0.4 is 5.32 Å². The van der Waals surface area contributed by atoms with E-state index in [0.717, 1.165) is 0 Å². The molecule has 1 fully saturated rings. The van der Waals surface area contributed by atoms with Crippen molar-refractivity contribution in [2.24, 2.45) is 10.8 Å². The monoisotopic (exact) mass is 199 g/mol. The van der Waals surface area contributed by atoms with E-state index in [9.17, 15) is 4.79 Å². The first-order valence-corrected chi connectivity index (χ1v) is 5.16. The van der Waals surface area contributed by atoms with Crippen LogP contribution in [0.5, 0.6) is 0 Å². The molecule has 1 saturated carbocycles. The number of nitrogens with one attached hydrogen (secondary N) is 1. The molecule has 0 saturated heterocycles. The van der Waals surface area contributed by atoms with Crippen LogP contribution in [0.25, 0.3) is 0 Å². The first-order valence-electron chi connectivity index (χ1n) is 5.16. The molecule has 1 rings (SSSR count). The third-order valence-electron chi connectivity index (χ3n) is 3.63. The van der Waals surface area contributed by atoms with Gasteiger partial charge in [-0.15, -0.1) is 0 Å². The average molecular weight is 199 g/mol. The number of carbonyl (C=O) groups excluding carboxylic acids is 1. The molecular formula is C11H21NO2. The summed E-state index contributed by atoms with van der Waals surface area (Å²) >= 11 is 0. The molecule has 0 heterocycles. The summed E-state index contributed by atoms with van der Waals surface area (Å²) in [5, 5.41) is 2.90. The molecule has 1 aliphatic rings. The van der Waals surface area contributed by atoms with Crippen molar-refractivity contribution < 1.29 is 9.53 Å². The maximum absolute atomic E-state index is 11.3. The average Bonchev–Trinajstić information content (AvgIpc) is 2.30. The molecule has 0 aromatic carbocycles. The van der Waals surface area contributed by atoms with E-state index in [4.69, 9.17) is 4.74 Å². The van der Waals surface area contributed by atoms with Gasteiger partial charge in [-0.2, -0.15) is 0 Å². The molecular weight excluding hydrogens is 178 g/mol. The second-order valence-electron chi connectivity index (χ2n) is 5.47. The molecule has 82 valence electrons. The summed E-state index contributed by atoms with van der Waals surface area (Å²) in [4.78, 5) is 11.3. The lowest BCUT2D eigenvalue weighted by molar-refractivity contribution is 0.113. The van der Waals surface area contributed by atoms with E-state index in [1.807, 2.05) is 13.8 Å². The van der Waals surface area contributed by atoms with Gasteiger partial charge in [0.25, 0.3) is 0 Å². The van der Waals surface area contributed by atoms with Crippen LogP contribution in [0.4, 0.5) is 4.79 Å². The Kier molecular flexibility index (Phi) is 2.55. The van der Waals surface area contributed by atoms with Gasteiger partial charge in [0.2, 0.25) is 0 Å². The number of alkyl carbamates (subject to hydrolysis) is 1. The quantitative estimate of drug-likeness (QED) is 0.742. The van der Waals surface area contributed by atoms with Crippen LogP contribution in [0.2, 0.25) is 0 Å². The van der Waals surface area contributed by atoms with E-state index in [-0.39, 0.29) is 29.1 Å². The second kappa shape index (κ2) is 3.14. The fourth-order valence-electron chi connectivity index (χ4n) is 1.92. The van der Waals surface area contributed by atoms with Crippen LogP contribution in [-0.4, -0.2) is 18.2 Å². The van der Waals surface area contributed by atoms with Gasteiger partial charge < -0.3 is 10.1 Å². The number of rotatable bonds is 2. The van der Waals surface area contributed by atoms with Crippen molar-refractivity contribution >= 4 is 6.09 Å². The van der Waals surface area contributed by atoms with Gasteiger partial charge in [-0.3, -0.25) is 0 Å². The van der Waals surface area contributed by atoms with Crippen LogP contribution in [-0.2, 0) is 4.74 Å². The summed E-state index contributed by atoms with van der Waals surface area (Å²) in [7, 11) is 0. The van der Waals surface area contributed by atoms with Gasteiger partial charge in [-0.1, -0.05) is 27.7 Å². The largest absolute Gasteiger partial charge is 0.447 e. The molecule has 0 bridgehead atoms. The van der Waals surface area contributed by atoms with Crippen molar-refractivity contribution in [3.05, 3.63) is 0 Å². The number of amides is 1. The van der Waals surface area contributed by atoms with E-state index in [0.29, 0.717) is 0 Å². The Labute approximate surface area is 86.2 Å². The van der Waals surface area contributed by atoms with Gasteiger partial charge in [-0.25, -0.2) is 4.79 Å². The number of hydrogen-bond donors (Lipinski definition) is 1. The molecule has 3 nitrogen and oxygen atoms in total. The predicted molar refractivity (Wildman–Crippen MR) is 56.1 cm³/mol. The molecule has 0 aromatic rings. The fourth-order valence-corrected chi connectivity index (χ4v) is 1.92. The first kappa shape index (κ1) is 11.3. The minimum absolute atomic E-state index is 0.0556. The highest BCUT2D eigenvalue weighted by Gasteiger charge is 2.65. The number of carbonyl (C=O) groups is 1. The Morgan fingerprint density at radius 2 is 1.64 bits per heavy atom. The number of ether oxygens (including phenoxy) is 1. The third kappa shape index (κ3) is 1.72.